The van der Waals surface area contributed by atoms with E-state index in [-0.39, 0.29) is 0 Å². The Bertz CT molecular complexity index is 4750. The minimum Gasteiger partial charge on any atom is -0.311 e. The molecule has 0 saturated heterocycles. The van der Waals surface area contributed by atoms with Crippen molar-refractivity contribution in [3.8, 4) is 67.3 Å². The van der Waals surface area contributed by atoms with Crippen LogP contribution in [0.25, 0.3) is 111 Å². The number of fused-ring (bicyclic) bond motifs is 5. The molecule has 404 valence electrons. The molecule has 16 aromatic rings. The van der Waals surface area contributed by atoms with Crippen LogP contribution in [-0.2, 0) is 0 Å². The van der Waals surface area contributed by atoms with Gasteiger partial charge in [0.1, 0.15) is 11.3 Å². The van der Waals surface area contributed by atoms with Gasteiger partial charge in [-0.25, -0.2) is 19.9 Å². The summed E-state index contributed by atoms with van der Waals surface area (Å²) < 4.78 is 4.11. The van der Waals surface area contributed by atoms with Crippen LogP contribution in [0.1, 0.15) is 0 Å². The van der Waals surface area contributed by atoms with Crippen molar-refractivity contribution in [1.29, 1.82) is 0 Å². The molecule has 86 heavy (non-hydrogen) atoms. The number of hydrogen-bond donors (Lipinski definition) is 0. The normalized spacial score (nSPS) is 11.5. The first-order chi connectivity index (χ1) is 42.6. The number of imidazole rings is 2. The third-order valence-electron chi connectivity index (χ3n) is 16.4. The van der Waals surface area contributed by atoms with E-state index in [1.54, 1.807) is 0 Å². The maximum atomic E-state index is 5.73. The van der Waals surface area contributed by atoms with Gasteiger partial charge in [-0.15, -0.1) is 0 Å². The molecule has 0 saturated carbocycles. The predicted molar refractivity (Wildman–Crippen MR) is 354 cm³/mol. The number of hydrogen-bond acceptors (Lipinski definition) is 6. The molecule has 0 aliphatic carbocycles. The molecule has 0 spiro atoms. The first-order valence-corrected chi connectivity index (χ1v) is 28.9. The lowest BCUT2D eigenvalue weighted by Crippen LogP contribution is -2.10. The molecule has 0 aliphatic heterocycles. The molecule has 0 fully saturated rings. The number of rotatable bonds is 12. The van der Waals surface area contributed by atoms with Gasteiger partial charge in [-0.3, -0.25) is 0 Å². The third kappa shape index (κ3) is 9.15. The molecular formula is C78H52N8. The van der Waals surface area contributed by atoms with Crippen LogP contribution in [0.5, 0.6) is 0 Å². The number of anilines is 6. The minimum absolute atomic E-state index is 0.782. The van der Waals surface area contributed by atoms with Crippen LogP contribution < -0.4 is 9.80 Å². The highest BCUT2D eigenvalue weighted by molar-refractivity contribution is 6.08. The van der Waals surface area contributed by atoms with Crippen LogP contribution in [0.3, 0.4) is 0 Å². The van der Waals surface area contributed by atoms with Crippen molar-refractivity contribution < 1.29 is 0 Å². The molecule has 16 rings (SSSR count). The Morgan fingerprint density at radius 2 is 0.593 bits per heavy atom. The number of pyridine rings is 2. The molecule has 8 heteroatoms. The Hall–Kier alpha value is -11.7. The number of nitrogens with zero attached hydrogens (tertiary/aromatic N) is 8. The highest BCUT2D eigenvalue weighted by atomic mass is 15.1. The topological polar surface area (TPSA) is 66.9 Å². The molecule has 5 aromatic heterocycles. The molecule has 0 amide bonds. The number of para-hydroxylation sites is 2. The zero-order valence-corrected chi connectivity index (χ0v) is 46.6. The number of aromatic nitrogens is 6. The van der Waals surface area contributed by atoms with Gasteiger partial charge in [0.2, 0.25) is 0 Å². The van der Waals surface area contributed by atoms with Crippen LogP contribution in [-0.4, -0.2) is 28.7 Å². The molecule has 0 unspecified atom stereocenters. The van der Waals surface area contributed by atoms with E-state index in [2.05, 4.69) is 286 Å². The standard InChI is InChI=1S/C78H52N8/c1-3-21-59(22-4-1)85(61-39-31-55(32-40-61)73-51-83-47-13-11-29-75(83)79-73)63-43-35-57(36-44-63)77-78(58-37-45-64(46-38-58)86(60-23-5-2-6-24-60)62-41-33-56(34-42-62)74-52-84-48-14-12-30-76(84)80-74)82-72-50-70(68-28-16-20-54-18-8-10-26-66(54)68)69(49-71(72)81-77)67-27-15-19-53-17-7-9-25-65(53)67/h1-52H. The SMILES string of the molecule is c1ccc(N(c2ccc(-c3cn4ccccc4n3)cc2)c2ccc(-c3nc4cc(-c5cccc6ccccc56)c(-c5cccc6ccccc56)cc4nc3-c3ccc(N(c4ccccc4)c4ccc(-c5cn6ccccc6n5)cc4)cc3)cc2)cc1. The predicted octanol–water partition coefficient (Wildman–Crippen LogP) is 20.2. The maximum absolute atomic E-state index is 5.73. The Labute approximate surface area is 497 Å². The van der Waals surface area contributed by atoms with Crippen LogP contribution in [0.4, 0.5) is 34.1 Å². The highest BCUT2D eigenvalue weighted by Crippen LogP contribution is 2.44. The Morgan fingerprint density at radius 1 is 0.256 bits per heavy atom. The van der Waals surface area contributed by atoms with Crippen molar-refractivity contribution in [2.75, 3.05) is 9.80 Å². The van der Waals surface area contributed by atoms with Gasteiger partial charge < -0.3 is 18.6 Å². The lowest BCUT2D eigenvalue weighted by molar-refractivity contribution is 1.19. The van der Waals surface area contributed by atoms with Crippen LogP contribution >= 0.6 is 0 Å². The molecule has 0 N–H and O–H groups in total. The van der Waals surface area contributed by atoms with E-state index < -0.39 is 0 Å². The monoisotopic (exact) mass is 1100 g/mol. The van der Waals surface area contributed by atoms with Crippen LogP contribution in [0, 0.1) is 0 Å². The average Bonchev–Trinajstić information content (AvgIpc) is 1.77. The summed E-state index contributed by atoms with van der Waals surface area (Å²) in [5.41, 5.74) is 21.4. The van der Waals surface area contributed by atoms with Gasteiger partial charge in [0.25, 0.3) is 0 Å². The first kappa shape index (κ1) is 50.0. The van der Waals surface area contributed by atoms with Crippen molar-refractivity contribution in [3.05, 3.63) is 316 Å². The second-order valence-electron chi connectivity index (χ2n) is 21.6. The summed E-state index contributed by atoms with van der Waals surface area (Å²) in [5.74, 6) is 0. The minimum atomic E-state index is 0.782. The Balaban J connectivity index is 0.843. The Kier molecular flexibility index (Phi) is 12.3. The summed E-state index contributed by atoms with van der Waals surface area (Å²) in [4.78, 5) is 25.9. The van der Waals surface area contributed by atoms with Crippen LogP contribution in [0.15, 0.2) is 316 Å². The van der Waals surface area contributed by atoms with Gasteiger partial charge in [-0.2, -0.15) is 0 Å². The fraction of sp³-hybridized carbons (Fsp3) is 0. The van der Waals surface area contributed by atoms with Crippen molar-refractivity contribution in [2.24, 2.45) is 0 Å². The lowest BCUT2D eigenvalue weighted by atomic mass is 9.88. The largest absolute Gasteiger partial charge is 0.311 e. The second-order valence-corrected chi connectivity index (χ2v) is 21.6. The van der Waals surface area contributed by atoms with E-state index in [9.17, 15) is 0 Å². The summed E-state index contributed by atoms with van der Waals surface area (Å²) in [6.07, 6.45) is 8.22. The van der Waals surface area contributed by atoms with E-state index in [4.69, 9.17) is 19.9 Å². The quantitative estimate of drug-likeness (QED) is 0.121. The number of benzene rings is 11. The lowest BCUT2D eigenvalue weighted by Gasteiger charge is -2.26. The van der Waals surface area contributed by atoms with E-state index in [0.717, 1.165) is 124 Å². The molecule has 0 radical (unpaired) electrons. The van der Waals surface area contributed by atoms with Crippen molar-refractivity contribution in [3.63, 3.8) is 0 Å². The average molecular weight is 1100 g/mol. The van der Waals surface area contributed by atoms with Crippen molar-refractivity contribution in [1.82, 2.24) is 28.7 Å². The van der Waals surface area contributed by atoms with E-state index in [1.807, 2.05) is 48.8 Å². The van der Waals surface area contributed by atoms with Gasteiger partial charge in [0.15, 0.2) is 0 Å². The van der Waals surface area contributed by atoms with Crippen LogP contribution in [0.2, 0.25) is 0 Å². The summed E-state index contributed by atoms with van der Waals surface area (Å²) in [5, 5.41) is 4.71. The summed E-state index contributed by atoms with van der Waals surface area (Å²) in [6, 6.07) is 103. The fourth-order valence-corrected chi connectivity index (χ4v) is 12.2. The molecular weight excluding hydrogens is 1050 g/mol. The molecule has 0 aliphatic rings. The zero-order valence-electron chi connectivity index (χ0n) is 46.6. The zero-order chi connectivity index (χ0) is 56.9. The van der Waals surface area contributed by atoms with Gasteiger partial charge in [-0.05, 0) is 153 Å². The van der Waals surface area contributed by atoms with Gasteiger partial charge in [-0.1, -0.05) is 182 Å². The Morgan fingerprint density at radius 3 is 0.988 bits per heavy atom. The maximum Gasteiger partial charge on any atom is 0.137 e. The van der Waals surface area contributed by atoms with E-state index in [1.165, 1.54) is 21.5 Å². The summed E-state index contributed by atoms with van der Waals surface area (Å²) >= 11 is 0. The van der Waals surface area contributed by atoms with E-state index in [0.29, 0.717) is 0 Å². The van der Waals surface area contributed by atoms with Crippen molar-refractivity contribution >= 4 is 78.0 Å². The van der Waals surface area contributed by atoms with Crippen molar-refractivity contribution in [2.45, 2.75) is 0 Å². The molecule has 8 nitrogen and oxygen atoms in total. The molecule has 0 atom stereocenters. The summed E-state index contributed by atoms with van der Waals surface area (Å²) in [6.45, 7) is 0. The molecule has 0 bridgehead atoms. The first-order valence-electron chi connectivity index (χ1n) is 28.9. The fourth-order valence-electron chi connectivity index (χ4n) is 12.2. The second kappa shape index (κ2) is 21.2. The summed E-state index contributed by atoms with van der Waals surface area (Å²) in [7, 11) is 0. The third-order valence-corrected chi connectivity index (χ3v) is 16.4. The molecule has 11 aromatic carbocycles. The van der Waals surface area contributed by atoms with Gasteiger partial charge in [0, 0.05) is 81.2 Å². The van der Waals surface area contributed by atoms with Gasteiger partial charge >= 0.3 is 0 Å². The smallest absolute Gasteiger partial charge is 0.137 e. The molecule has 5 heterocycles. The van der Waals surface area contributed by atoms with Gasteiger partial charge in [0.05, 0.1) is 33.8 Å². The van der Waals surface area contributed by atoms with E-state index >= 15 is 0 Å². The highest BCUT2D eigenvalue weighted by Gasteiger charge is 2.22.